The van der Waals surface area contributed by atoms with Crippen molar-refractivity contribution in [3.8, 4) is 34.4 Å². The van der Waals surface area contributed by atoms with Gasteiger partial charge in [-0.25, -0.2) is 4.98 Å². The monoisotopic (exact) mass is 377 g/mol. The molecule has 28 heavy (non-hydrogen) atoms. The number of hydrogen-bond acceptors (Lipinski definition) is 7. The molecule has 2 aromatic carbocycles. The van der Waals surface area contributed by atoms with Gasteiger partial charge in [-0.15, -0.1) is 0 Å². The molecule has 4 aromatic rings. The van der Waals surface area contributed by atoms with Crippen LogP contribution in [0.4, 0.5) is 0 Å². The van der Waals surface area contributed by atoms with Gasteiger partial charge in [-0.3, -0.25) is 0 Å². The van der Waals surface area contributed by atoms with Gasteiger partial charge in [0.05, 0.1) is 26.3 Å². The smallest absolute Gasteiger partial charge is 0.258 e. The fraction of sp³-hybridized carbons (Fsp3) is 0.190. The summed E-state index contributed by atoms with van der Waals surface area (Å²) in [6.07, 6.45) is 0.416. The molecule has 0 N–H and O–H groups in total. The summed E-state index contributed by atoms with van der Waals surface area (Å²) in [6, 6.07) is 15.0. The molecule has 0 atom stereocenters. The fourth-order valence-corrected chi connectivity index (χ4v) is 2.80. The molecular formula is C21H19N3O4. The van der Waals surface area contributed by atoms with E-state index >= 15 is 0 Å². The van der Waals surface area contributed by atoms with E-state index < -0.39 is 0 Å². The molecule has 0 saturated carbocycles. The second-order valence-electron chi connectivity index (χ2n) is 6.17. The predicted octanol–water partition coefficient (Wildman–Crippen LogP) is 4.31. The van der Waals surface area contributed by atoms with Gasteiger partial charge in [0.1, 0.15) is 17.3 Å². The normalized spacial score (nSPS) is 10.8. The number of oxazole rings is 1. The number of hydrogen-bond donors (Lipinski definition) is 0. The quantitative estimate of drug-likeness (QED) is 0.495. The average molecular weight is 377 g/mol. The largest absolute Gasteiger partial charge is 0.497 e. The summed E-state index contributed by atoms with van der Waals surface area (Å²) in [7, 11) is 3.25. The first-order valence-electron chi connectivity index (χ1n) is 8.74. The maximum atomic E-state index is 5.81. The average Bonchev–Trinajstić information content (AvgIpc) is 3.35. The maximum Gasteiger partial charge on any atom is 0.258 e. The molecule has 7 nitrogen and oxygen atoms in total. The van der Waals surface area contributed by atoms with Crippen LogP contribution in [0.25, 0.3) is 22.9 Å². The minimum absolute atomic E-state index is 0.416. The van der Waals surface area contributed by atoms with Crippen LogP contribution < -0.4 is 9.47 Å². The topological polar surface area (TPSA) is 83.4 Å². The van der Waals surface area contributed by atoms with Crippen molar-refractivity contribution in [3.05, 3.63) is 65.8 Å². The maximum absolute atomic E-state index is 5.81. The first kappa shape index (κ1) is 17.8. The number of benzene rings is 2. The lowest BCUT2D eigenvalue weighted by atomic mass is 10.2. The Kier molecular flexibility index (Phi) is 4.80. The summed E-state index contributed by atoms with van der Waals surface area (Å²) in [4.78, 5) is 9.06. The highest BCUT2D eigenvalue weighted by atomic mass is 16.5. The van der Waals surface area contributed by atoms with Gasteiger partial charge < -0.3 is 18.4 Å². The molecule has 2 aromatic heterocycles. The molecular weight excluding hydrogens is 358 g/mol. The summed E-state index contributed by atoms with van der Waals surface area (Å²) in [5, 5.41) is 4.06. The third kappa shape index (κ3) is 3.59. The van der Waals surface area contributed by atoms with Crippen LogP contribution in [0, 0.1) is 6.92 Å². The predicted molar refractivity (Wildman–Crippen MR) is 102 cm³/mol. The van der Waals surface area contributed by atoms with Crippen molar-refractivity contribution in [3.63, 3.8) is 0 Å². The minimum Gasteiger partial charge on any atom is -0.497 e. The van der Waals surface area contributed by atoms with E-state index in [-0.39, 0.29) is 0 Å². The number of aromatic nitrogens is 3. The Hall–Kier alpha value is -3.61. The summed E-state index contributed by atoms with van der Waals surface area (Å²) < 4.78 is 21.6. The van der Waals surface area contributed by atoms with Crippen molar-refractivity contribution in [2.24, 2.45) is 0 Å². The molecule has 0 unspecified atom stereocenters. The summed E-state index contributed by atoms with van der Waals surface area (Å²) in [5.74, 6) is 3.75. The van der Waals surface area contributed by atoms with E-state index in [9.17, 15) is 0 Å². The number of aryl methyl sites for hydroxylation is 1. The Bertz CT molecular complexity index is 1080. The molecule has 0 radical (unpaired) electrons. The molecule has 0 bridgehead atoms. The van der Waals surface area contributed by atoms with E-state index in [0.717, 1.165) is 34.1 Å². The highest BCUT2D eigenvalue weighted by molar-refractivity contribution is 5.56. The van der Waals surface area contributed by atoms with Crippen molar-refractivity contribution < 1.29 is 18.4 Å². The van der Waals surface area contributed by atoms with Gasteiger partial charge in [0.2, 0.25) is 5.89 Å². The van der Waals surface area contributed by atoms with Gasteiger partial charge >= 0.3 is 0 Å². The SMILES string of the molecule is COc1ccc(-c2nc(Cc3noc(-c4cccc(OC)c4)n3)c(C)o2)cc1. The van der Waals surface area contributed by atoms with Gasteiger partial charge in [-0.05, 0) is 49.4 Å². The summed E-state index contributed by atoms with van der Waals surface area (Å²) >= 11 is 0. The van der Waals surface area contributed by atoms with Crippen LogP contribution in [0.3, 0.4) is 0 Å². The second-order valence-corrected chi connectivity index (χ2v) is 6.17. The lowest BCUT2D eigenvalue weighted by Crippen LogP contribution is -1.93. The Labute approximate surface area is 161 Å². The lowest BCUT2D eigenvalue weighted by molar-refractivity contribution is 0.412. The van der Waals surface area contributed by atoms with Crippen LogP contribution in [-0.4, -0.2) is 29.3 Å². The lowest BCUT2D eigenvalue weighted by Gasteiger charge is -1.99. The van der Waals surface area contributed by atoms with E-state index in [1.807, 2.05) is 55.5 Å². The van der Waals surface area contributed by atoms with Crippen molar-refractivity contribution in [2.45, 2.75) is 13.3 Å². The highest BCUT2D eigenvalue weighted by Crippen LogP contribution is 2.26. The van der Waals surface area contributed by atoms with Gasteiger partial charge in [0, 0.05) is 11.1 Å². The fourth-order valence-electron chi connectivity index (χ4n) is 2.80. The van der Waals surface area contributed by atoms with Crippen molar-refractivity contribution in [2.75, 3.05) is 14.2 Å². The molecule has 0 fully saturated rings. The van der Waals surface area contributed by atoms with Gasteiger partial charge in [-0.2, -0.15) is 4.98 Å². The Balaban J connectivity index is 1.55. The van der Waals surface area contributed by atoms with Gasteiger partial charge in [-0.1, -0.05) is 11.2 Å². The molecule has 0 amide bonds. The number of rotatable bonds is 6. The van der Waals surface area contributed by atoms with Gasteiger partial charge in [0.15, 0.2) is 5.82 Å². The Morgan fingerprint density at radius 2 is 1.64 bits per heavy atom. The molecule has 0 spiro atoms. The van der Waals surface area contributed by atoms with Crippen LogP contribution in [0.5, 0.6) is 11.5 Å². The second kappa shape index (κ2) is 7.56. The molecule has 4 rings (SSSR count). The summed E-state index contributed by atoms with van der Waals surface area (Å²) in [6.45, 7) is 1.87. The zero-order valence-electron chi connectivity index (χ0n) is 15.8. The highest BCUT2D eigenvalue weighted by Gasteiger charge is 2.16. The Morgan fingerprint density at radius 3 is 2.39 bits per heavy atom. The van der Waals surface area contributed by atoms with Crippen LogP contribution in [0.1, 0.15) is 17.3 Å². The third-order valence-corrected chi connectivity index (χ3v) is 4.34. The van der Waals surface area contributed by atoms with E-state index in [4.69, 9.17) is 18.4 Å². The zero-order valence-corrected chi connectivity index (χ0v) is 15.8. The zero-order chi connectivity index (χ0) is 19.5. The first-order chi connectivity index (χ1) is 13.7. The Morgan fingerprint density at radius 1 is 0.857 bits per heavy atom. The van der Waals surface area contributed by atoms with Crippen LogP contribution in [0.2, 0.25) is 0 Å². The minimum atomic E-state index is 0.416. The van der Waals surface area contributed by atoms with E-state index in [0.29, 0.717) is 24.0 Å². The first-order valence-corrected chi connectivity index (χ1v) is 8.74. The van der Waals surface area contributed by atoms with Crippen molar-refractivity contribution in [1.29, 1.82) is 0 Å². The van der Waals surface area contributed by atoms with Gasteiger partial charge in [0.25, 0.3) is 5.89 Å². The molecule has 0 aliphatic carbocycles. The standard InChI is InChI=1S/C21H19N3O4/c1-13-18(22-20(27-13)14-7-9-16(25-2)10-8-14)12-19-23-21(28-24-19)15-5-4-6-17(11-15)26-3/h4-11H,12H2,1-3H3. The van der Waals surface area contributed by atoms with Crippen LogP contribution in [-0.2, 0) is 6.42 Å². The van der Waals surface area contributed by atoms with Crippen LogP contribution in [0.15, 0.2) is 57.5 Å². The molecule has 0 aliphatic heterocycles. The number of ether oxygens (including phenoxy) is 2. The van der Waals surface area contributed by atoms with Crippen molar-refractivity contribution in [1.82, 2.24) is 15.1 Å². The molecule has 2 heterocycles. The number of methoxy groups -OCH3 is 2. The van der Waals surface area contributed by atoms with E-state index in [1.54, 1.807) is 14.2 Å². The number of nitrogens with zero attached hydrogens (tertiary/aromatic N) is 3. The molecule has 7 heteroatoms. The molecule has 142 valence electrons. The molecule has 0 saturated heterocycles. The van der Waals surface area contributed by atoms with E-state index in [1.165, 1.54) is 0 Å². The van der Waals surface area contributed by atoms with Crippen molar-refractivity contribution >= 4 is 0 Å². The van der Waals surface area contributed by atoms with Crippen LogP contribution >= 0.6 is 0 Å². The van der Waals surface area contributed by atoms with E-state index in [2.05, 4.69) is 15.1 Å². The summed E-state index contributed by atoms with van der Waals surface area (Å²) in [5.41, 5.74) is 2.44. The third-order valence-electron chi connectivity index (χ3n) is 4.34. The molecule has 0 aliphatic rings.